The van der Waals surface area contributed by atoms with Crippen LogP contribution in [-0.4, -0.2) is 64.2 Å². The molecule has 3 aromatic rings. The second kappa shape index (κ2) is 12.3. The molecule has 1 aliphatic rings. The fraction of sp³-hybridized carbons (Fsp3) is 0.259. The predicted molar refractivity (Wildman–Crippen MR) is 146 cm³/mol. The first-order chi connectivity index (χ1) is 17.8. The van der Waals surface area contributed by atoms with E-state index in [4.69, 9.17) is 4.74 Å². The largest absolute Gasteiger partial charge is 0.378 e. The number of nitrogens with zero attached hydrogens (tertiary/aromatic N) is 2. The number of amides is 2. The molecule has 0 atom stereocenters. The topological polar surface area (TPSA) is 96.0 Å². The first-order valence-corrected chi connectivity index (χ1v) is 14.6. The summed E-state index contributed by atoms with van der Waals surface area (Å²) in [4.78, 5) is 28.3. The van der Waals surface area contributed by atoms with Gasteiger partial charge in [0.1, 0.15) is 6.54 Å². The molecule has 1 aliphatic heterocycles. The smallest absolute Gasteiger partial charge is 0.254 e. The monoisotopic (exact) mass is 539 g/mol. The molecule has 10 heteroatoms. The lowest BCUT2D eigenvalue weighted by Gasteiger charge is -2.27. The molecule has 194 valence electrons. The Hall–Kier alpha value is -3.34. The maximum atomic E-state index is 12.7. The van der Waals surface area contributed by atoms with E-state index in [9.17, 15) is 18.0 Å². The molecule has 0 radical (unpaired) electrons. The molecule has 2 amide bonds. The summed E-state index contributed by atoms with van der Waals surface area (Å²) in [6.45, 7) is 1.64. The van der Waals surface area contributed by atoms with Crippen LogP contribution in [0.25, 0.3) is 0 Å². The van der Waals surface area contributed by atoms with Gasteiger partial charge in [0.15, 0.2) is 0 Å². The Morgan fingerprint density at radius 2 is 1.59 bits per heavy atom. The van der Waals surface area contributed by atoms with E-state index in [1.54, 1.807) is 53.1 Å². The third-order valence-electron chi connectivity index (χ3n) is 5.77. The fourth-order valence-corrected chi connectivity index (χ4v) is 5.55. The summed E-state index contributed by atoms with van der Waals surface area (Å²) in [5.74, 6) is 0.193. The lowest BCUT2D eigenvalue weighted by molar-refractivity contribution is -0.114. The quantitative estimate of drug-likeness (QED) is 0.415. The predicted octanol–water partition coefficient (Wildman–Crippen LogP) is 3.86. The lowest BCUT2D eigenvalue weighted by atomic mass is 10.1. The van der Waals surface area contributed by atoms with Gasteiger partial charge in [-0.25, -0.2) is 8.42 Å². The second-order valence-corrected chi connectivity index (χ2v) is 11.5. The third kappa shape index (κ3) is 7.58. The van der Waals surface area contributed by atoms with Crippen molar-refractivity contribution in [2.75, 3.05) is 48.7 Å². The molecule has 4 rings (SSSR count). The highest BCUT2D eigenvalue weighted by Crippen LogP contribution is 2.23. The van der Waals surface area contributed by atoms with Gasteiger partial charge in [-0.3, -0.25) is 13.9 Å². The van der Waals surface area contributed by atoms with Crippen LogP contribution in [0.3, 0.4) is 0 Å². The first kappa shape index (κ1) is 26.7. The maximum absolute atomic E-state index is 12.7. The maximum Gasteiger partial charge on any atom is 0.254 e. The van der Waals surface area contributed by atoms with E-state index in [1.165, 1.54) is 4.90 Å². The minimum atomic E-state index is -3.74. The fourth-order valence-electron chi connectivity index (χ4n) is 3.82. The molecule has 0 aromatic heterocycles. The van der Waals surface area contributed by atoms with Gasteiger partial charge in [-0.1, -0.05) is 30.3 Å². The van der Waals surface area contributed by atoms with Gasteiger partial charge in [-0.15, -0.1) is 11.8 Å². The molecular weight excluding hydrogens is 510 g/mol. The minimum absolute atomic E-state index is 0.135. The first-order valence-electron chi connectivity index (χ1n) is 11.8. The van der Waals surface area contributed by atoms with Crippen LogP contribution >= 0.6 is 11.8 Å². The van der Waals surface area contributed by atoms with Crippen LogP contribution < -0.4 is 9.62 Å². The molecule has 0 unspecified atom stereocenters. The number of ether oxygens (including phenoxy) is 1. The zero-order valence-electron chi connectivity index (χ0n) is 20.5. The van der Waals surface area contributed by atoms with Crippen molar-refractivity contribution in [1.29, 1.82) is 0 Å². The van der Waals surface area contributed by atoms with Crippen molar-refractivity contribution in [3.8, 4) is 0 Å². The normalized spacial score (nSPS) is 13.7. The average Bonchev–Trinajstić information content (AvgIpc) is 2.91. The van der Waals surface area contributed by atoms with Crippen molar-refractivity contribution in [2.45, 2.75) is 10.6 Å². The van der Waals surface area contributed by atoms with Crippen molar-refractivity contribution in [1.82, 2.24) is 4.90 Å². The standard InChI is InChI=1S/C27H29N3O5S2/c1-37(33,34)30(24-13-9-22(10-14-24)27(32)29-15-17-35-18-16-29)19-26(31)28-23-11-7-21(8-12-23)20-36-25-5-3-2-4-6-25/h2-14H,15-20H2,1H3,(H,28,31). The average molecular weight is 540 g/mol. The molecule has 1 N–H and O–H groups in total. The molecule has 1 fully saturated rings. The van der Waals surface area contributed by atoms with Gasteiger partial charge < -0.3 is 15.0 Å². The van der Waals surface area contributed by atoms with E-state index in [-0.39, 0.29) is 12.5 Å². The van der Waals surface area contributed by atoms with Crippen LogP contribution in [0.2, 0.25) is 0 Å². The summed E-state index contributed by atoms with van der Waals surface area (Å²) >= 11 is 1.72. The molecule has 8 nitrogen and oxygen atoms in total. The third-order valence-corrected chi connectivity index (χ3v) is 8.00. The zero-order valence-corrected chi connectivity index (χ0v) is 22.1. The van der Waals surface area contributed by atoms with Crippen LogP contribution in [0.1, 0.15) is 15.9 Å². The highest BCUT2D eigenvalue weighted by Gasteiger charge is 2.23. The van der Waals surface area contributed by atoms with Crippen molar-refractivity contribution >= 4 is 45.0 Å². The number of rotatable bonds is 9. The number of benzene rings is 3. The Labute approximate surface area is 221 Å². The van der Waals surface area contributed by atoms with Gasteiger partial charge in [-0.05, 0) is 54.1 Å². The number of carbonyl (C=O) groups excluding carboxylic acids is 2. The van der Waals surface area contributed by atoms with Crippen molar-refractivity contribution in [2.24, 2.45) is 0 Å². The molecule has 1 saturated heterocycles. The highest BCUT2D eigenvalue weighted by molar-refractivity contribution is 7.98. The van der Waals surface area contributed by atoms with Gasteiger partial charge in [-0.2, -0.15) is 0 Å². The molecule has 0 aliphatic carbocycles. The Kier molecular flexibility index (Phi) is 8.86. The minimum Gasteiger partial charge on any atom is -0.378 e. The van der Waals surface area contributed by atoms with Crippen molar-refractivity contribution in [3.05, 3.63) is 90.0 Å². The van der Waals surface area contributed by atoms with E-state index >= 15 is 0 Å². The molecule has 1 heterocycles. The van der Waals surface area contributed by atoms with E-state index in [1.807, 2.05) is 30.3 Å². The number of hydrogen-bond acceptors (Lipinski definition) is 6. The van der Waals surface area contributed by atoms with Crippen LogP contribution in [0, 0.1) is 0 Å². The lowest BCUT2D eigenvalue weighted by Crippen LogP contribution is -2.40. The SMILES string of the molecule is CS(=O)(=O)N(CC(=O)Nc1ccc(CSc2ccccc2)cc1)c1ccc(C(=O)N2CCOCC2)cc1. The molecule has 37 heavy (non-hydrogen) atoms. The number of morpholine rings is 1. The number of hydrogen-bond donors (Lipinski definition) is 1. The Bertz CT molecular complexity index is 1310. The number of sulfonamides is 1. The van der Waals surface area contributed by atoms with E-state index in [0.29, 0.717) is 43.2 Å². The highest BCUT2D eigenvalue weighted by atomic mass is 32.2. The van der Waals surface area contributed by atoms with Crippen LogP contribution in [-0.2, 0) is 25.3 Å². The Morgan fingerprint density at radius 1 is 0.946 bits per heavy atom. The summed E-state index contributed by atoms with van der Waals surface area (Å²) in [6.07, 6.45) is 1.05. The summed E-state index contributed by atoms with van der Waals surface area (Å²) < 4.78 is 31.3. The zero-order chi connectivity index (χ0) is 26.3. The summed E-state index contributed by atoms with van der Waals surface area (Å²) in [5, 5.41) is 2.76. The molecule has 0 saturated carbocycles. The van der Waals surface area contributed by atoms with Crippen molar-refractivity contribution in [3.63, 3.8) is 0 Å². The van der Waals surface area contributed by atoms with Crippen molar-refractivity contribution < 1.29 is 22.7 Å². The van der Waals surface area contributed by atoms with Crippen LogP contribution in [0.4, 0.5) is 11.4 Å². The number of carbonyl (C=O) groups is 2. The van der Waals surface area contributed by atoms with Gasteiger partial charge in [0.25, 0.3) is 5.91 Å². The van der Waals surface area contributed by atoms with Gasteiger partial charge in [0, 0.05) is 35.0 Å². The van der Waals surface area contributed by atoms with Crippen LogP contribution in [0.5, 0.6) is 0 Å². The Balaban J connectivity index is 1.36. The number of anilines is 2. The van der Waals surface area contributed by atoms with Gasteiger partial charge in [0.05, 0.1) is 25.2 Å². The van der Waals surface area contributed by atoms with E-state index < -0.39 is 15.9 Å². The van der Waals surface area contributed by atoms with Gasteiger partial charge >= 0.3 is 0 Å². The number of thioether (sulfide) groups is 1. The molecule has 0 bridgehead atoms. The van der Waals surface area contributed by atoms with Crippen LogP contribution in [0.15, 0.2) is 83.8 Å². The molecule has 0 spiro atoms. The van der Waals surface area contributed by atoms with E-state index in [0.717, 1.165) is 21.9 Å². The summed E-state index contributed by atoms with van der Waals surface area (Å²) in [7, 11) is -3.74. The van der Waals surface area contributed by atoms with E-state index in [2.05, 4.69) is 17.4 Å². The summed E-state index contributed by atoms with van der Waals surface area (Å²) in [6, 6.07) is 23.8. The molecular formula is C27H29N3O5S2. The van der Waals surface area contributed by atoms with Gasteiger partial charge in [0.2, 0.25) is 15.9 Å². The summed E-state index contributed by atoms with van der Waals surface area (Å²) in [5.41, 5.74) is 2.45. The number of nitrogens with one attached hydrogen (secondary N) is 1. The second-order valence-electron chi connectivity index (χ2n) is 8.57. The Morgan fingerprint density at radius 3 is 2.22 bits per heavy atom. The molecule has 3 aromatic carbocycles.